The Morgan fingerprint density at radius 3 is 2.64 bits per heavy atom. The zero-order valence-electron chi connectivity index (χ0n) is 16.8. The highest BCUT2D eigenvalue weighted by Gasteiger charge is 2.49. The van der Waals surface area contributed by atoms with Crippen LogP contribution in [0.4, 0.5) is 0 Å². The molecule has 2 N–H and O–H groups in total. The van der Waals surface area contributed by atoms with Gasteiger partial charge in [0, 0.05) is 57.0 Å². The van der Waals surface area contributed by atoms with Crippen LogP contribution in [0.15, 0.2) is 12.3 Å². The van der Waals surface area contributed by atoms with Gasteiger partial charge in [0.05, 0.1) is 5.56 Å². The number of carbonyl (C=O) groups is 2. The second-order valence-corrected chi connectivity index (χ2v) is 8.78. The van der Waals surface area contributed by atoms with Gasteiger partial charge in [-0.05, 0) is 49.1 Å². The summed E-state index contributed by atoms with van der Waals surface area (Å²) in [5.41, 5.74) is 4.67. The predicted octanol–water partition coefficient (Wildman–Crippen LogP) is 2.13. The number of fused-ring (bicyclic) bond motifs is 1. The molecular formula is C21H30N4O3. The smallest absolute Gasteiger partial charge is 0.276 e. The van der Waals surface area contributed by atoms with Crippen molar-refractivity contribution in [1.82, 2.24) is 20.3 Å². The summed E-state index contributed by atoms with van der Waals surface area (Å²) in [5.74, 6) is -0.320. The summed E-state index contributed by atoms with van der Waals surface area (Å²) in [4.78, 5) is 32.4. The fourth-order valence-corrected chi connectivity index (χ4v) is 5.40. The molecule has 0 aromatic carbocycles. The number of hydrogen-bond acceptors (Lipinski definition) is 5. The number of aromatic nitrogens is 1. The number of nitrogens with one attached hydrogen (secondary N) is 1. The first-order valence-electron chi connectivity index (χ1n) is 10.4. The van der Waals surface area contributed by atoms with Crippen molar-refractivity contribution in [2.45, 2.75) is 71.0 Å². The Hall–Kier alpha value is -1.99. The number of rotatable bonds is 3. The molecule has 2 amide bonds. The number of carbonyl (C=O) groups excluding carboxylic acids is 2. The summed E-state index contributed by atoms with van der Waals surface area (Å²) in [6.07, 6.45) is 8.19. The maximum absolute atomic E-state index is 11.7. The molecule has 3 aliphatic rings. The SMILES string of the molecule is CC[C@@H]1Cc2ncc(C(=O)NO)cc2CN1C1CC2(CCN(C(C)=O)CC2)C1. The molecule has 1 saturated heterocycles. The van der Waals surface area contributed by atoms with E-state index in [2.05, 4.69) is 16.8 Å². The molecule has 7 nitrogen and oxygen atoms in total. The fourth-order valence-electron chi connectivity index (χ4n) is 5.40. The number of hydrogen-bond donors (Lipinski definition) is 2. The van der Waals surface area contributed by atoms with Crippen LogP contribution in [0.3, 0.4) is 0 Å². The zero-order valence-corrected chi connectivity index (χ0v) is 16.8. The predicted molar refractivity (Wildman–Crippen MR) is 104 cm³/mol. The van der Waals surface area contributed by atoms with E-state index in [-0.39, 0.29) is 5.91 Å². The first-order valence-corrected chi connectivity index (χ1v) is 10.4. The van der Waals surface area contributed by atoms with Crippen molar-refractivity contribution < 1.29 is 14.8 Å². The number of likely N-dealkylation sites (tertiary alicyclic amines) is 1. The number of piperidine rings is 1. The van der Waals surface area contributed by atoms with Crippen LogP contribution in [-0.2, 0) is 17.8 Å². The standard InChI is InChI=1S/C21H30N4O3/c1-3-17-9-19-16(8-15(12-22-19)20(27)23-28)13-25(17)18-10-21(11-18)4-6-24(7-5-21)14(2)26/h8,12,17-18,28H,3-7,9-11,13H2,1-2H3,(H,23,27)/t17-/m1/s1. The van der Waals surface area contributed by atoms with E-state index in [0.717, 1.165) is 56.6 Å². The summed E-state index contributed by atoms with van der Waals surface area (Å²) in [5, 5.41) is 8.89. The van der Waals surface area contributed by atoms with Crippen LogP contribution in [0, 0.1) is 5.41 Å². The van der Waals surface area contributed by atoms with Crippen LogP contribution in [-0.4, -0.2) is 57.0 Å². The summed E-state index contributed by atoms with van der Waals surface area (Å²) >= 11 is 0. The van der Waals surface area contributed by atoms with Crippen LogP contribution in [0.2, 0.25) is 0 Å². The van der Waals surface area contributed by atoms with Crippen molar-refractivity contribution in [3.8, 4) is 0 Å². The molecule has 1 spiro atoms. The first kappa shape index (κ1) is 19.3. The van der Waals surface area contributed by atoms with Crippen molar-refractivity contribution in [1.29, 1.82) is 0 Å². The van der Waals surface area contributed by atoms with E-state index >= 15 is 0 Å². The van der Waals surface area contributed by atoms with Crippen LogP contribution >= 0.6 is 0 Å². The minimum Gasteiger partial charge on any atom is -0.343 e. The van der Waals surface area contributed by atoms with E-state index in [1.165, 1.54) is 12.8 Å². The Bertz CT molecular complexity index is 765. The lowest BCUT2D eigenvalue weighted by Gasteiger charge is -2.57. The second-order valence-electron chi connectivity index (χ2n) is 8.78. The highest BCUT2D eigenvalue weighted by molar-refractivity contribution is 5.93. The highest BCUT2D eigenvalue weighted by Crippen LogP contribution is 2.52. The Balaban J connectivity index is 1.44. The molecule has 152 valence electrons. The topological polar surface area (TPSA) is 85.8 Å². The van der Waals surface area contributed by atoms with Gasteiger partial charge in [-0.2, -0.15) is 0 Å². The Kier molecular flexibility index (Phi) is 5.14. The minimum absolute atomic E-state index is 0.194. The molecule has 1 saturated carbocycles. The average molecular weight is 386 g/mol. The lowest BCUT2D eigenvalue weighted by atomic mass is 9.59. The van der Waals surface area contributed by atoms with E-state index in [0.29, 0.717) is 23.1 Å². The van der Waals surface area contributed by atoms with E-state index < -0.39 is 5.91 Å². The first-order chi connectivity index (χ1) is 13.4. The van der Waals surface area contributed by atoms with Gasteiger partial charge < -0.3 is 4.90 Å². The molecule has 7 heteroatoms. The normalized spacial score (nSPS) is 24.5. The van der Waals surface area contributed by atoms with Crippen LogP contribution in [0.1, 0.15) is 67.6 Å². The lowest BCUT2D eigenvalue weighted by molar-refractivity contribution is -0.134. The molecule has 0 unspecified atom stereocenters. The van der Waals surface area contributed by atoms with Gasteiger partial charge in [-0.1, -0.05) is 6.92 Å². The largest absolute Gasteiger partial charge is 0.343 e. The van der Waals surface area contributed by atoms with Gasteiger partial charge >= 0.3 is 0 Å². The van der Waals surface area contributed by atoms with Gasteiger partial charge in [0.25, 0.3) is 5.91 Å². The van der Waals surface area contributed by atoms with Gasteiger partial charge in [-0.25, -0.2) is 5.48 Å². The molecule has 4 rings (SSSR count). The Morgan fingerprint density at radius 2 is 2.04 bits per heavy atom. The maximum atomic E-state index is 11.7. The van der Waals surface area contributed by atoms with E-state index in [9.17, 15) is 9.59 Å². The number of hydroxylamine groups is 1. The molecule has 0 bridgehead atoms. The summed E-state index contributed by atoms with van der Waals surface area (Å²) < 4.78 is 0. The molecular weight excluding hydrogens is 356 g/mol. The molecule has 2 fully saturated rings. The highest BCUT2D eigenvalue weighted by atomic mass is 16.5. The Labute approximate surface area is 166 Å². The van der Waals surface area contributed by atoms with Crippen molar-refractivity contribution in [3.05, 3.63) is 29.1 Å². The molecule has 1 aromatic rings. The van der Waals surface area contributed by atoms with E-state index in [4.69, 9.17) is 5.21 Å². The third kappa shape index (κ3) is 3.42. The van der Waals surface area contributed by atoms with Gasteiger partial charge in [0.1, 0.15) is 0 Å². The Morgan fingerprint density at radius 1 is 1.32 bits per heavy atom. The van der Waals surface area contributed by atoms with Crippen LogP contribution in [0.5, 0.6) is 0 Å². The number of nitrogens with zero attached hydrogens (tertiary/aromatic N) is 3. The van der Waals surface area contributed by atoms with Crippen LogP contribution in [0.25, 0.3) is 0 Å². The van der Waals surface area contributed by atoms with Crippen molar-refractivity contribution in [2.75, 3.05) is 13.1 Å². The summed E-state index contributed by atoms with van der Waals surface area (Å²) in [7, 11) is 0. The van der Waals surface area contributed by atoms with E-state index in [1.807, 2.05) is 11.0 Å². The average Bonchev–Trinajstić information content (AvgIpc) is 2.69. The van der Waals surface area contributed by atoms with Crippen molar-refractivity contribution >= 4 is 11.8 Å². The zero-order chi connectivity index (χ0) is 19.9. The third-order valence-electron chi connectivity index (χ3n) is 7.22. The molecule has 1 atom stereocenters. The van der Waals surface area contributed by atoms with Crippen LogP contribution < -0.4 is 5.48 Å². The molecule has 1 aliphatic carbocycles. The molecule has 28 heavy (non-hydrogen) atoms. The monoisotopic (exact) mass is 386 g/mol. The van der Waals surface area contributed by atoms with E-state index in [1.54, 1.807) is 18.6 Å². The summed E-state index contributed by atoms with van der Waals surface area (Å²) in [6.45, 7) is 6.50. The maximum Gasteiger partial charge on any atom is 0.276 e. The van der Waals surface area contributed by atoms with Gasteiger partial charge in [-0.3, -0.25) is 24.7 Å². The molecule has 2 aliphatic heterocycles. The third-order valence-corrected chi connectivity index (χ3v) is 7.22. The second kappa shape index (κ2) is 7.44. The quantitative estimate of drug-likeness (QED) is 0.614. The molecule has 3 heterocycles. The molecule has 1 aromatic heterocycles. The minimum atomic E-state index is -0.515. The van der Waals surface area contributed by atoms with Gasteiger partial charge in [-0.15, -0.1) is 0 Å². The van der Waals surface area contributed by atoms with Crippen molar-refractivity contribution in [2.24, 2.45) is 5.41 Å². The fraction of sp³-hybridized carbons (Fsp3) is 0.667. The van der Waals surface area contributed by atoms with Gasteiger partial charge in [0.2, 0.25) is 5.91 Å². The van der Waals surface area contributed by atoms with Crippen molar-refractivity contribution in [3.63, 3.8) is 0 Å². The number of amides is 2. The molecule has 0 radical (unpaired) electrons. The number of pyridine rings is 1. The summed E-state index contributed by atoms with van der Waals surface area (Å²) in [6, 6.07) is 2.92. The lowest BCUT2D eigenvalue weighted by Crippen LogP contribution is -2.58. The van der Waals surface area contributed by atoms with Gasteiger partial charge in [0.15, 0.2) is 0 Å².